The summed E-state index contributed by atoms with van der Waals surface area (Å²) in [6.45, 7) is 12.4. The first-order valence-electron chi connectivity index (χ1n) is 6.37. The van der Waals surface area contributed by atoms with E-state index in [1.807, 2.05) is 20.8 Å². The number of aryl methyl sites for hydroxylation is 1. The monoisotopic (exact) mass is 237 g/mol. The summed E-state index contributed by atoms with van der Waals surface area (Å²) in [4.78, 5) is 8.91. The second-order valence-electron chi connectivity index (χ2n) is 4.12. The highest BCUT2D eigenvalue weighted by molar-refractivity contribution is 5.47. The Morgan fingerprint density at radius 2 is 1.94 bits per heavy atom. The van der Waals surface area contributed by atoms with Gasteiger partial charge in [-0.25, -0.2) is 9.97 Å². The second-order valence-corrected chi connectivity index (χ2v) is 4.12. The molecule has 0 saturated carbocycles. The van der Waals surface area contributed by atoms with Crippen LogP contribution in [0.3, 0.4) is 0 Å². The van der Waals surface area contributed by atoms with Crippen molar-refractivity contribution in [2.45, 2.75) is 47.1 Å². The predicted octanol–water partition coefficient (Wildman–Crippen LogP) is 2.88. The predicted molar refractivity (Wildman–Crippen MR) is 70.4 cm³/mol. The van der Waals surface area contributed by atoms with Crippen molar-refractivity contribution >= 4 is 5.82 Å². The van der Waals surface area contributed by atoms with E-state index < -0.39 is 0 Å². The molecule has 0 aliphatic carbocycles. The molecule has 0 spiro atoms. The summed E-state index contributed by atoms with van der Waals surface area (Å²) >= 11 is 0. The molecule has 1 aromatic heterocycles. The highest BCUT2D eigenvalue weighted by Crippen LogP contribution is 2.25. The third kappa shape index (κ3) is 3.40. The van der Waals surface area contributed by atoms with Gasteiger partial charge in [-0.15, -0.1) is 0 Å². The van der Waals surface area contributed by atoms with Gasteiger partial charge in [0.05, 0.1) is 18.9 Å². The third-order valence-corrected chi connectivity index (χ3v) is 2.48. The smallest absolute Gasteiger partial charge is 0.135 e. The van der Waals surface area contributed by atoms with E-state index in [9.17, 15) is 0 Å². The second kappa shape index (κ2) is 6.55. The Morgan fingerprint density at radius 3 is 2.59 bits per heavy atom. The van der Waals surface area contributed by atoms with Crippen molar-refractivity contribution in [3.8, 4) is 0 Å². The van der Waals surface area contributed by atoms with Gasteiger partial charge in [0.25, 0.3) is 0 Å². The van der Waals surface area contributed by atoms with Crippen LogP contribution < -0.4 is 5.32 Å². The minimum atomic E-state index is 0.406. The van der Waals surface area contributed by atoms with Gasteiger partial charge < -0.3 is 10.1 Å². The molecule has 96 valence electrons. The minimum absolute atomic E-state index is 0.406. The van der Waals surface area contributed by atoms with Crippen LogP contribution in [0.1, 0.15) is 50.7 Å². The maximum atomic E-state index is 5.51. The Kier molecular flexibility index (Phi) is 5.35. The van der Waals surface area contributed by atoms with Crippen molar-refractivity contribution in [3.05, 3.63) is 17.1 Å². The lowest BCUT2D eigenvalue weighted by Crippen LogP contribution is -2.09. The first-order valence-corrected chi connectivity index (χ1v) is 6.37. The van der Waals surface area contributed by atoms with E-state index in [0.29, 0.717) is 12.5 Å². The fourth-order valence-corrected chi connectivity index (χ4v) is 1.80. The molecule has 4 nitrogen and oxygen atoms in total. The first kappa shape index (κ1) is 13.9. The molecule has 0 amide bonds. The molecule has 1 aromatic rings. The summed E-state index contributed by atoms with van der Waals surface area (Å²) in [7, 11) is 0. The van der Waals surface area contributed by atoms with Crippen molar-refractivity contribution in [1.29, 1.82) is 0 Å². The van der Waals surface area contributed by atoms with Gasteiger partial charge in [-0.1, -0.05) is 27.7 Å². The lowest BCUT2D eigenvalue weighted by atomic mass is 10.0. The molecular weight excluding hydrogens is 214 g/mol. The zero-order valence-electron chi connectivity index (χ0n) is 11.5. The quantitative estimate of drug-likeness (QED) is 0.816. The van der Waals surface area contributed by atoms with Gasteiger partial charge in [0.15, 0.2) is 0 Å². The molecule has 1 N–H and O–H groups in total. The number of aromatic nitrogens is 2. The van der Waals surface area contributed by atoms with Gasteiger partial charge in [-0.05, 0) is 12.8 Å². The number of ether oxygens (including phenoxy) is 1. The van der Waals surface area contributed by atoms with E-state index >= 15 is 0 Å². The molecule has 4 heteroatoms. The van der Waals surface area contributed by atoms with Crippen LogP contribution in [0.4, 0.5) is 5.82 Å². The molecule has 2 heterocycles. The third-order valence-electron chi connectivity index (χ3n) is 2.48. The summed E-state index contributed by atoms with van der Waals surface area (Å²) < 4.78 is 5.51. The van der Waals surface area contributed by atoms with Crippen LogP contribution in [-0.4, -0.2) is 23.1 Å². The molecule has 2 rings (SSSR count). The SMILES string of the molecule is CC.Cc1nc2c(c(C(C)C)n1)COCCN2. The van der Waals surface area contributed by atoms with Gasteiger partial charge in [0.2, 0.25) is 0 Å². The zero-order valence-corrected chi connectivity index (χ0v) is 11.5. The van der Waals surface area contributed by atoms with Crippen LogP contribution in [0.2, 0.25) is 0 Å². The Balaban J connectivity index is 0.000000686. The van der Waals surface area contributed by atoms with E-state index in [4.69, 9.17) is 4.74 Å². The highest BCUT2D eigenvalue weighted by Gasteiger charge is 2.17. The van der Waals surface area contributed by atoms with Crippen LogP contribution in [0.15, 0.2) is 0 Å². The average molecular weight is 237 g/mol. The fourth-order valence-electron chi connectivity index (χ4n) is 1.80. The average Bonchev–Trinajstić information content (AvgIpc) is 2.55. The fraction of sp³-hybridized carbons (Fsp3) is 0.692. The van der Waals surface area contributed by atoms with Crippen molar-refractivity contribution in [3.63, 3.8) is 0 Å². The molecule has 0 atom stereocenters. The molecule has 1 aliphatic heterocycles. The Hall–Kier alpha value is -1.16. The van der Waals surface area contributed by atoms with E-state index in [0.717, 1.165) is 36.1 Å². The van der Waals surface area contributed by atoms with E-state index in [2.05, 4.69) is 29.1 Å². The lowest BCUT2D eigenvalue weighted by Gasteiger charge is -2.14. The van der Waals surface area contributed by atoms with Gasteiger partial charge in [0, 0.05) is 12.1 Å². The van der Waals surface area contributed by atoms with Gasteiger partial charge >= 0.3 is 0 Å². The van der Waals surface area contributed by atoms with Crippen LogP contribution in [0, 0.1) is 6.92 Å². The van der Waals surface area contributed by atoms with E-state index in [1.54, 1.807) is 0 Å². The standard InChI is InChI=1S/C11H17N3O.C2H6/c1-7(2)10-9-6-15-5-4-12-11(9)14-8(3)13-10;1-2/h7H,4-6H2,1-3H3,(H,12,13,14);1-2H3. The van der Waals surface area contributed by atoms with Crippen LogP contribution in [0.5, 0.6) is 0 Å². The molecule has 0 fully saturated rings. The number of nitrogens with one attached hydrogen (secondary N) is 1. The maximum absolute atomic E-state index is 5.51. The lowest BCUT2D eigenvalue weighted by molar-refractivity contribution is 0.133. The first-order chi connectivity index (χ1) is 8.18. The maximum Gasteiger partial charge on any atom is 0.135 e. The topological polar surface area (TPSA) is 47.0 Å². The number of rotatable bonds is 1. The molecule has 0 bridgehead atoms. The number of nitrogens with zero attached hydrogens (tertiary/aromatic N) is 2. The molecule has 0 saturated heterocycles. The Morgan fingerprint density at radius 1 is 1.24 bits per heavy atom. The van der Waals surface area contributed by atoms with Crippen molar-refractivity contribution in [2.75, 3.05) is 18.5 Å². The van der Waals surface area contributed by atoms with Crippen LogP contribution >= 0.6 is 0 Å². The molecule has 0 radical (unpaired) electrons. The van der Waals surface area contributed by atoms with Crippen molar-refractivity contribution in [1.82, 2.24) is 9.97 Å². The highest BCUT2D eigenvalue weighted by atomic mass is 16.5. The van der Waals surface area contributed by atoms with E-state index in [1.165, 1.54) is 0 Å². The van der Waals surface area contributed by atoms with Crippen LogP contribution in [-0.2, 0) is 11.3 Å². The van der Waals surface area contributed by atoms with Gasteiger partial charge in [-0.2, -0.15) is 0 Å². The molecule has 17 heavy (non-hydrogen) atoms. The van der Waals surface area contributed by atoms with Gasteiger partial charge in [-0.3, -0.25) is 0 Å². The molecule has 0 unspecified atom stereocenters. The summed E-state index contributed by atoms with van der Waals surface area (Å²) in [5.74, 6) is 2.18. The number of hydrogen-bond acceptors (Lipinski definition) is 4. The minimum Gasteiger partial charge on any atom is -0.375 e. The zero-order chi connectivity index (χ0) is 12.8. The van der Waals surface area contributed by atoms with Crippen molar-refractivity contribution in [2.24, 2.45) is 0 Å². The molecule has 0 aromatic carbocycles. The molecular formula is C13H23N3O. The normalized spacial score (nSPS) is 14.2. The number of hydrogen-bond donors (Lipinski definition) is 1. The number of anilines is 1. The Labute approximate surface area is 104 Å². The Bertz CT molecular complexity index is 364. The molecule has 1 aliphatic rings. The summed E-state index contributed by atoms with van der Waals surface area (Å²) in [6, 6.07) is 0. The number of fused-ring (bicyclic) bond motifs is 1. The summed E-state index contributed by atoms with van der Waals surface area (Å²) in [5.41, 5.74) is 2.22. The van der Waals surface area contributed by atoms with Gasteiger partial charge in [0.1, 0.15) is 11.6 Å². The van der Waals surface area contributed by atoms with Crippen molar-refractivity contribution < 1.29 is 4.74 Å². The van der Waals surface area contributed by atoms with Crippen LogP contribution in [0.25, 0.3) is 0 Å². The summed E-state index contributed by atoms with van der Waals surface area (Å²) in [6.07, 6.45) is 0. The largest absolute Gasteiger partial charge is 0.375 e. The van der Waals surface area contributed by atoms with E-state index in [-0.39, 0.29) is 0 Å². The summed E-state index contributed by atoms with van der Waals surface area (Å²) in [5, 5.41) is 3.29.